The summed E-state index contributed by atoms with van der Waals surface area (Å²) < 4.78 is 0. The van der Waals surface area contributed by atoms with Crippen LogP contribution in [0.15, 0.2) is 18.3 Å². The van der Waals surface area contributed by atoms with E-state index in [1.165, 1.54) is 5.06 Å². The Kier molecular flexibility index (Phi) is 3.18. The number of nitrogens with zero attached hydrogens (tertiary/aromatic N) is 2. The molecule has 0 aliphatic carbocycles. The second kappa shape index (κ2) is 4.59. The molecule has 1 aliphatic rings. The van der Waals surface area contributed by atoms with E-state index in [9.17, 15) is 4.79 Å². The molecule has 0 unspecified atom stereocenters. The molecule has 80 valence electrons. The van der Waals surface area contributed by atoms with Crippen LogP contribution in [0.4, 0.5) is 0 Å². The zero-order valence-electron chi connectivity index (χ0n) is 8.15. The fourth-order valence-electron chi connectivity index (χ4n) is 1.40. The van der Waals surface area contributed by atoms with Crippen molar-refractivity contribution in [1.82, 2.24) is 10.0 Å². The van der Waals surface area contributed by atoms with Crippen molar-refractivity contribution in [3.63, 3.8) is 0 Å². The molecule has 0 bridgehead atoms. The summed E-state index contributed by atoms with van der Waals surface area (Å²) in [5.41, 5.74) is 0.902. The zero-order valence-corrected chi connectivity index (χ0v) is 8.91. The highest BCUT2D eigenvalue weighted by Crippen LogP contribution is 2.12. The third-order valence-electron chi connectivity index (χ3n) is 2.21. The highest BCUT2D eigenvalue weighted by molar-refractivity contribution is 6.29. The van der Waals surface area contributed by atoms with Crippen LogP contribution in [0.5, 0.6) is 0 Å². The Bertz CT molecular complexity index is 353. The van der Waals surface area contributed by atoms with Crippen molar-refractivity contribution < 1.29 is 9.63 Å². The van der Waals surface area contributed by atoms with Gasteiger partial charge in [0.2, 0.25) is 5.91 Å². The molecule has 4 nitrogen and oxygen atoms in total. The first-order valence-electron chi connectivity index (χ1n) is 4.79. The van der Waals surface area contributed by atoms with Gasteiger partial charge in [0.1, 0.15) is 11.8 Å². The van der Waals surface area contributed by atoms with Gasteiger partial charge in [-0.25, -0.2) is 10.0 Å². The first kappa shape index (κ1) is 10.4. The fourth-order valence-corrected chi connectivity index (χ4v) is 1.52. The Morgan fingerprint density at radius 2 is 2.40 bits per heavy atom. The first-order valence-corrected chi connectivity index (χ1v) is 5.17. The van der Waals surface area contributed by atoms with Crippen molar-refractivity contribution >= 4 is 17.5 Å². The number of hydrogen-bond acceptors (Lipinski definition) is 3. The van der Waals surface area contributed by atoms with Crippen molar-refractivity contribution in [2.45, 2.75) is 19.4 Å². The molecule has 1 aliphatic heterocycles. The minimum absolute atomic E-state index is 0.0527. The SMILES string of the molecule is O=C1CCCN1OCc1ccc(Cl)nc1. The molecule has 15 heavy (non-hydrogen) atoms. The predicted octanol–water partition coefficient (Wildman–Crippen LogP) is 1.79. The van der Waals surface area contributed by atoms with Gasteiger partial charge in [-0.3, -0.25) is 9.63 Å². The summed E-state index contributed by atoms with van der Waals surface area (Å²) in [4.78, 5) is 20.5. The molecule has 2 rings (SSSR count). The summed E-state index contributed by atoms with van der Waals surface area (Å²) in [5, 5.41) is 1.87. The van der Waals surface area contributed by atoms with Crippen LogP contribution in [0.25, 0.3) is 0 Å². The van der Waals surface area contributed by atoms with Crippen molar-refractivity contribution in [2.75, 3.05) is 6.54 Å². The number of amides is 1. The Morgan fingerprint density at radius 1 is 1.53 bits per heavy atom. The molecular weight excluding hydrogens is 216 g/mol. The van der Waals surface area contributed by atoms with Gasteiger partial charge in [0.15, 0.2) is 0 Å². The number of aromatic nitrogens is 1. The van der Waals surface area contributed by atoms with E-state index in [4.69, 9.17) is 16.4 Å². The van der Waals surface area contributed by atoms with Gasteiger partial charge in [0.05, 0.1) is 0 Å². The smallest absolute Gasteiger partial charge is 0.246 e. The summed E-state index contributed by atoms with van der Waals surface area (Å²) in [5.74, 6) is 0.0527. The number of pyridine rings is 1. The number of carbonyl (C=O) groups is 1. The van der Waals surface area contributed by atoms with Crippen LogP contribution in [-0.2, 0) is 16.2 Å². The fraction of sp³-hybridized carbons (Fsp3) is 0.400. The standard InChI is InChI=1S/C10H11ClN2O2/c11-9-4-3-8(6-12-9)7-15-13-5-1-2-10(13)14/h3-4,6H,1-2,5,7H2. The van der Waals surface area contributed by atoms with Crippen LogP contribution in [0.2, 0.25) is 5.15 Å². The number of carbonyl (C=O) groups excluding carboxylic acids is 1. The molecule has 0 spiro atoms. The van der Waals surface area contributed by atoms with Crippen molar-refractivity contribution in [3.05, 3.63) is 29.0 Å². The maximum Gasteiger partial charge on any atom is 0.246 e. The van der Waals surface area contributed by atoms with E-state index >= 15 is 0 Å². The molecule has 0 radical (unpaired) electrons. The van der Waals surface area contributed by atoms with Gasteiger partial charge in [-0.15, -0.1) is 0 Å². The maximum atomic E-state index is 11.2. The number of hydroxylamine groups is 2. The highest BCUT2D eigenvalue weighted by Gasteiger charge is 2.20. The molecular formula is C10H11ClN2O2. The van der Waals surface area contributed by atoms with Crippen molar-refractivity contribution in [3.8, 4) is 0 Å². The molecule has 1 aromatic heterocycles. The second-order valence-corrected chi connectivity index (χ2v) is 3.75. The summed E-state index contributed by atoms with van der Waals surface area (Å²) >= 11 is 5.65. The lowest BCUT2D eigenvalue weighted by Crippen LogP contribution is -2.24. The largest absolute Gasteiger partial charge is 0.273 e. The number of halogens is 1. The van der Waals surface area contributed by atoms with Crippen LogP contribution in [0.1, 0.15) is 18.4 Å². The van der Waals surface area contributed by atoms with Crippen molar-refractivity contribution in [1.29, 1.82) is 0 Å². The van der Waals surface area contributed by atoms with E-state index in [-0.39, 0.29) is 5.91 Å². The zero-order chi connectivity index (χ0) is 10.7. The Morgan fingerprint density at radius 3 is 3.00 bits per heavy atom. The minimum Gasteiger partial charge on any atom is -0.273 e. The predicted molar refractivity (Wildman–Crippen MR) is 55.0 cm³/mol. The lowest BCUT2D eigenvalue weighted by atomic mass is 10.3. The van der Waals surface area contributed by atoms with E-state index in [1.807, 2.05) is 6.07 Å². The molecule has 1 amide bonds. The molecule has 1 fully saturated rings. The number of hydrogen-bond donors (Lipinski definition) is 0. The minimum atomic E-state index is 0.0527. The second-order valence-electron chi connectivity index (χ2n) is 3.36. The van der Waals surface area contributed by atoms with Gasteiger partial charge < -0.3 is 0 Å². The first-order chi connectivity index (χ1) is 7.25. The normalized spacial score (nSPS) is 16.1. The van der Waals surface area contributed by atoms with E-state index in [0.29, 0.717) is 24.7 Å². The van der Waals surface area contributed by atoms with Crippen LogP contribution in [0, 0.1) is 0 Å². The van der Waals surface area contributed by atoms with Gasteiger partial charge in [-0.05, 0) is 18.1 Å². The molecule has 0 atom stereocenters. The molecule has 1 saturated heterocycles. The van der Waals surface area contributed by atoms with E-state index < -0.39 is 0 Å². The topological polar surface area (TPSA) is 42.4 Å². The monoisotopic (exact) mass is 226 g/mol. The van der Waals surface area contributed by atoms with E-state index in [1.54, 1.807) is 12.3 Å². The molecule has 1 aromatic rings. The Balaban J connectivity index is 1.87. The Hall–Kier alpha value is -1.13. The quantitative estimate of drug-likeness (QED) is 0.738. The van der Waals surface area contributed by atoms with Gasteiger partial charge in [-0.2, -0.15) is 0 Å². The molecule has 0 saturated carbocycles. The summed E-state index contributed by atoms with van der Waals surface area (Å²) in [7, 11) is 0. The third-order valence-corrected chi connectivity index (χ3v) is 2.43. The van der Waals surface area contributed by atoms with Crippen LogP contribution in [-0.4, -0.2) is 22.5 Å². The van der Waals surface area contributed by atoms with Crippen LogP contribution in [0.3, 0.4) is 0 Å². The summed E-state index contributed by atoms with van der Waals surface area (Å²) in [6.07, 6.45) is 3.10. The van der Waals surface area contributed by atoms with E-state index in [0.717, 1.165) is 12.0 Å². The molecule has 0 aromatic carbocycles. The van der Waals surface area contributed by atoms with Gasteiger partial charge >= 0.3 is 0 Å². The maximum absolute atomic E-state index is 11.2. The number of rotatable bonds is 3. The van der Waals surface area contributed by atoms with Crippen LogP contribution >= 0.6 is 11.6 Å². The third kappa shape index (κ3) is 2.67. The Labute approximate surface area is 92.8 Å². The van der Waals surface area contributed by atoms with Crippen molar-refractivity contribution in [2.24, 2.45) is 0 Å². The molecule has 2 heterocycles. The average Bonchev–Trinajstić information content (AvgIpc) is 2.63. The molecule has 0 N–H and O–H groups in total. The molecule has 5 heteroatoms. The lowest BCUT2D eigenvalue weighted by Gasteiger charge is -2.14. The summed E-state index contributed by atoms with van der Waals surface area (Å²) in [6.45, 7) is 1.04. The highest BCUT2D eigenvalue weighted by atomic mass is 35.5. The van der Waals surface area contributed by atoms with E-state index in [2.05, 4.69) is 4.98 Å². The van der Waals surface area contributed by atoms with Gasteiger partial charge in [-0.1, -0.05) is 17.7 Å². The lowest BCUT2D eigenvalue weighted by molar-refractivity contribution is -0.182. The van der Waals surface area contributed by atoms with Crippen LogP contribution < -0.4 is 0 Å². The van der Waals surface area contributed by atoms with Gasteiger partial charge in [0.25, 0.3) is 0 Å². The average molecular weight is 227 g/mol. The summed E-state index contributed by atoms with van der Waals surface area (Å²) in [6, 6.07) is 3.53. The van der Waals surface area contributed by atoms with Gasteiger partial charge in [0, 0.05) is 19.2 Å².